The molecule has 0 radical (unpaired) electrons. The molecule has 2 rings (SSSR count). The summed E-state index contributed by atoms with van der Waals surface area (Å²) >= 11 is 3.32. The summed E-state index contributed by atoms with van der Waals surface area (Å²) in [7, 11) is 0. The zero-order valence-corrected chi connectivity index (χ0v) is 11.1. The van der Waals surface area contributed by atoms with Gasteiger partial charge in [0.25, 0.3) is 0 Å². The van der Waals surface area contributed by atoms with Gasteiger partial charge in [-0.05, 0) is 37.3 Å². The van der Waals surface area contributed by atoms with E-state index in [2.05, 4.69) is 20.9 Å². The van der Waals surface area contributed by atoms with Crippen molar-refractivity contribution in [1.82, 2.24) is 4.98 Å². The zero-order chi connectivity index (χ0) is 13.1. The lowest BCUT2D eigenvalue weighted by atomic mass is 10.2. The maximum Gasteiger partial charge on any atom is 0.341 e. The maximum atomic E-state index is 11.1. The topological polar surface area (TPSA) is 59.4 Å². The second-order valence-corrected chi connectivity index (χ2v) is 4.59. The standard InChI is InChI=1S/C13H10BrNO3/c1-8-5-6-11(13(16)17)12(15-8)18-10-4-2-3-9(14)7-10/h2-7H,1H3,(H,16,17). The average molecular weight is 308 g/mol. The Kier molecular flexibility index (Phi) is 3.62. The number of hydrogen-bond acceptors (Lipinski definition) is 3. The fourth-order valence-corrected chi connectivity index (χ4v) is 1.79. The number of aromatic nitrogens is 1. The van der Waals surface area contributed by atoms with E-state index in [1.165, 1.54) is 6.07 Å². The van der Waals surface area contributed by atoms with Crippen molar-refractivity contribution >= 4 is 21.9 Å². The minimum atomic E-state index is -1.06. The fourth-order valence-electron chi connectivity index (χ4n) is 1.42. The third-order valence-electron chi connectivity index (χ3n) is 2.24. The number of hydrogen-bond donors (Lipinski definition) is 1. The Hall–Kier alpha value is -1.88. The lowest BCUT2D eigenvalue weighted by Crippen LogP contribution is -2.02. The van der Waals surface area contributed by atoms with Gasteiger partial charge in [-0.15, -0.1) is 0 Å². The summed E-state index contributed by atoms with van der Waals surface area (Å²) in [4.78, 5) is 15.2. The van der Waals surface area contributed by atoms with Crippen LogP contribution in [-0.2, 0) is 0 Å². The van der Waals surface area contributed by atoms with Crippen LogP contribution in [0.25, 0.3) is 0 Å². The van der Waals surface area contributed by atoms with Crippen molar-refractivity contribution in [1.29, 1.82) is 0 Å². The fraction of sp³-hybridized carbons (Fsp3) is 0.0769. The van der Waals surface area contributed by atoms with Gasteiger partial charge in [0, 0.05) is 10.2 Å². The van der Waals surface area contributed by atoms with Crippen LogP contribution in [0, 0.1) is 6.92 Å². The molecule has 5 heteroatoms. The Morgan fingerprint density at radius 1 is 1.33 bits per heavy atom. The summed E-state index contributed by atoms with van der Waals surface area (Å²) in [6.45, 7) is 1.78. The van der Waals surface area contributed by atoms with Gasteiger partial charge in [-0.1, -0.05) is 22.0 Å². The largest absolute Gasteiger partial charge is 0.477 e. The highest BCUT2D eigenvalue weighted by atomic mass is 79.9. The van der Waals surface area contributed by atoms with Crippen molar-refractivity contribution in [2.24, 2.45) is 0 Å². The first kappa shape index (κ1) is 12.6. The molecule has 1 heterocycles. The number of aryl methyl sites for hydroxylation is 1. The third-order valence-corrected chi connectivity index (χ3v) is 2.73. The van der Waals surface area contributed by atoms with Gasteiger partial charge in [0.05, 0.1) is 0 Å². The normalized spacial score (nSPS) is 10.1. The predicted molar refractivity (Wildman–Crippen MR) is 70.1 cm³/mol. The van der Waals surface area contributed by atoms with Crippen molar-refractivity contribution in [2.45, 2.75) is 6.92 Å². The van der Waals surface area contributed by atoms with Crippen LogP contribution in [-0.4, -0.2) is 16.1 Å². The number of benzene rings is 1. The van der Waals surface area contributed by atoms with Crippen LogP contribution in [0.15, 0.2) is 40.9 Å². The van der Waals surface area contributed by atoms with E-state index in [-0.39, 0.29) is 11.4 Å². The molecule has 0 saturated heterocycles. The molecule has 1 aromatic heterocycles. The highest BCUT2D eigenvalue weighted by Crippen LogP contribution is 2.26. The van der Waals surface area contributed by atoms with Crippen LogP contribution >= 0.6 is 15.9 Å². The summed E-state index contributed by atoms with van der Waals surface area (Å²) < 4.78 is 6.36. The van der Waals surface area contributed by atoms with Gasteiger partial charge in [0.15, 0.2) is 0 Å². The molecule has 92 valence electrons. The van der Waals surface area contributed by atoms with Gasteiger partial charge < -0.3 is 9.84 Å². The molecule has 0 amide bonds. The molecule has 1 aromatic carbocycles. The summed E-state index contributed by atoms with van der Waals surface area (Å²) in [6, 6.07) is 10.3. The van der Waals surface area contributed by atoms with Crippen LogP contribution in [0.1, 0.15) is 16.1 Å². The van der Waals surface area contributed by atoms with Crippen molar-refractivity contribution in [3.8, 4) is 11.6 Å². The van der Waals surface area contributed by atoms with Crippen molar-refractivity contribution in [3.05, 3.63) is 52.1 Å². The molecule has 2 aromatic rings. The molecule has 0 unspecified atom stereocenters. The number of carboxylic acid groups (broad SMARTS) is 1. The van der Waals surface area contributed by atoms with Crippen molar-refractivity contribution in [3.63, 3.8) is 0 Å². The summed E-state index contributed by atoms with van der Waals surface area (Å²) in [5.41, 5.74) is 0.741. The maximum absolute atomic E-state index is 11.1. The van der Waals surface area contributed by atoms with Gasteiger partial charge >= 0.3 is 5.97 Å². The Labute approximate surface area is 112 Å². The average Bonchev–Trinajstić information content (AvgIpc) is 2.28. The minimum Gasteiger partial charge on any atom is -0.477 e. The van der Waals surface area contributed by atoms with Crippen LogP contribution in [0.2, 0.25) is 0 Å². The van der Waals surface area contributed by atoms with Gasteiger partial charge in [-0.3, -0.25) is 0 Å². The Balaban J connectivity index is 2.39. The second kappa shape index (κ2) is 5.18. The molecule has 0 saturated carbocycles. The predicted octanol–water partition coefficient (Wildman–Crippen LogP) is 3.64. The Bertz CT molecular complexity index is 599. The van der Waals surface area contributed by atoms with E-state index in [0.717, 1.165) is 4.47 Å². The number of aromatic carboxylic acids is 1. The van der Waals surface area contributed by atoms with Crippen LogP contribution < -0.4 is 4.74 Å². The number of rotatable bonds is 3. The quantitative estimate of drug-likeness (QED) is 0.940. The number of carbonyl (C=O) groups is 1. The number of ether oxygens (including phenoxy) is 1. The van der Waals surface area contributed by atoms with Crippen LogP contribution in [0.5, 0.6) is 11.6 Å². The molecule has 1 N–H and O–H groups in total. The second-order valence-electron chi connectivity index (χ2n) is 3.67. The molecule has 0 aliphatic carbocycles. The summed E-state index contributed by atoms with van der Waals surface area (Å²) in [6.07, 6.45) is 0. The Morgan fingerprint density at radius 3 is 2.78 bits per heavy atom. The SMILES string of the molecule is Cc1ccc(C(=O)O)c(Oc2cccc(Br)c2)n1. The zero-order valence-electron chi connectivity index (χ0n) is 9.55. The molecule has 0 aliphatic rings. The molecular weight excluding hydrogens is 298 g/mol. The van der Waals surface area contributed by atoms with E-state index in [4.69, 9.17) is 9.84 Å². The van der Waals surface area contributed by atoms with Gasteiger partial charge in [0.1, 0.15) is 11.3 Å². The molecule has 0 atom stereocenters. The first-order valence-electron chi connectivity index (χ1n) is 5.20. The van der Waals surface area contributed by atoms with Gasteiger partial charge in [-0.2, -0.15) is 0 Å². The van der Waals surface area contributed by atoms with Crippen molar-refractivity contribution in [2.75, 3.05) is 0 Å². The number of pyridine rings is 1. The number of halogens is 1. The highest BCUT2D eigenvalue weighted by Gasteiger charge is 2.13. The molecule has 0 spiro atoms. The molecule has 0 fully saturated rings. The van der Waals surface area contributed by atoms with E-state index in [0.29, 0.717) is 11.4 Å². The molecule has 18 heavy (non-hydrogen) atoms. The lowest BCUT2D eigenvalue weighted by molar-refractivity contribution is 0.0693. The number of nitrogens with zero attached hydrogens (tertiary/aromatic N) is 1. The number of carboxylic acids is 1. The highest BCUT2D eigenvalue weighted by molar-refractivity contribution is 9.10. The van der Waals surface area contributed by atoms with E-state index in [1.807, 2.05) is 6.07 Å². The first-order valence-corrected chi connectivity index (χ1v) is 6.00. The van der Waals surface area contributed by atoms with E-state index >= 15 is 0 Å². The molecule has 0 aliphatic heterocycles. The summed E-state index contributed by atoms with van der Waals surface area (Å²) in [5, 5.41) is 9.06. The van der Waals surface area contributed by atoms with E-state index in [1.54, 1.807) is 31.2 Å². The molecule has 4 nitrogen and oxygen atoms in total. The van der Waals surface area contributed by atoms with E-state index in [9.17, 15) is 4.79 Å². The van der Waals surface area contributed by atoms with Crippen molar-refractivity contribution < 1.29 is 14.6 Å². The first-order chi connectivity index (χ1) is 8.56. The van der Waals surface area contributed by atoms with Crippen LogP contribution in [0.4, 0.5) is 0 Å². The van der Waals surface area contributed by atoms with Crippen LogP contribution in [0.3, 0.4) is 0 Å². The monoisotopic (exact) mass is 307 g/mol. The smallest absolute Gasteiger partial charge is 0.341 e. The van der Waals surface area contributed by atoms with Gasteiger partial charge in [0.2, 0.25) is 5.88 Å². The summed E-state index contributed by atoms with van der Waals surface area (Å²) in [5.74, 6) is -0.432. The minimum absolute atomic E-state index is 0.0422. The van der Waals surface area contributed by atoms with Gasteiger partial charge in [-0.25, -0.2) is 9.78 Å². The third kappa shape index (κ3) is 2.87. The molecule has 0 bridgehead atoms. The lowest BCUT2D eigenvalue weighted by Gasteiger charge is -2.08. The van der Waals surface area contributed by atoms with E-state index < -0.39 is 5.97 Å². The molecular formula is C13H10BrNO3. The Morgan fingerprint density at radius 2 is 2.11 bits per heavy atom.